The molecule has 0 aromatic rings. The molecule has 3 unspecified atom stereocenters. The highest BCUT2D eigenvalue weighted by atomic mass is 127. The van der Waals surface area contributed by atoms with Gasteiger partial charge in [0, 0.05) is 32.7 Å². The van der Waals surface area contributed by atoms with Gasteiger partial charge in [0.05, 0.1) is 12.5 Å². The number of aliphatic imine (C=N–C) groups is 1. The summed E-state index contributed by atoms with van der Waals surface area (Å²) >= 11 is 0. The Morgan fingerprint density at radius 2 is 1.83 bits per heavy atom. The van der Waals surface area contributed by atoms with E-state index in [4.69, 9.17) is 4.74 Å². The van der Waals surface area contributed by atoms with Gasteiger partial charge in [0.25, 0.3) is 0 Å². The SMILES string of the molecule is CN=C(NCC1CCOC1)NCC1CCCC(C(F)(F)F)C1.I. The molecule has 1 aliphatic carbocycles. The molecule has 8 heteroatoms. The topological polar surface area (TPSA) is 45.7 Å². The predicted molar refractivity (Wildman–Crippen MR) is 95.2 cm³/mol. The van der Waals surface area contributed by atoms with Gasteiger partial charge < -0.3 is 15.4 Å². The highest BCUT2D eigenvalue weighted by molar-refractivity contribution is 14.0. The van der Waals surface area contributed by atoms with Crippen LogP contribution in [-0.2, 0) is 4.74 Å². The van der Waals surface area contributed by atoms with E-state index in [1.165, 1.54) is 0 Å². The minimum atomic E-state index is -4.05. The summed E-state index contributed by atoms with van der Waals surface area (Å²) in [5.41, 5.74) is 0. The molecule has 2 aliphatic rings. The monoisotopic (exact) mass is 449 g/mol. The van der Waals surface area contributed by atoms with Crippen LogP contribution in [0.5, 0.6) is 0 Å². The smallest absolute Gasteiger partial charge is 0.381 e. The minimum Gasteiger partial charge on any atom is -0.381 e. The van der Waals surface area contributed by atoms with E-state index < -0.39 is 12.1 Å². The van der Waals surface area contributed by atoms with Gasteiger partial charge in [-0.05, 0) is 31.6 Å². The molecule has 1 saturated heterocycles. The number of hydrogen-bond donors (Lipinski definition) is 2. The van der Waals surface area contributed by atoms with Crippen molar-refractivity contribution in [3.63, 3.8) is 0 Å². The van der Waals surface area contributed by atoms with Gasteiger partial charge in [-0.15, -0.1) is 24.0 Å². The lowest BCUT2D eigenvalue weighted by Gasteiger charge is -2.31. The van der Waals surface area contributed by atoms with Gasteiger partial charge >= 0.3 is 6.18 Å². The van der Waals surface area contributed by atoms with Gasteiger partial charge in [0.15, 0.2) is 5.96 Å². The van der Waals surface area contributed by atoms with Gasteiger partial charge in [-0.25, -0.2) is 0 Å². The zero-order valence-electron chi connectivity index (χ0n) is 13.5. The predicted octanol–water partition coefficient (Wildman–Crippen LogP) is 3.17. The molecular weight excluding hydrogens is 422 g/mol. The fourth-order valence-corrected chi connectivity index (χ4v) is 3.22. The van der Waals surface area contributed by atoms with Crippen molar-refractivity contribution in [1.29, 1.82) is 0 Å². The van der Waals surface area contributed by atoms with Crippen molar-refractivity contribution in [1.82, 2.24) is 10.6 Å². The van der Waals surface area contributed by atoms with Crippen molar-refractivity contribution in [2.75, 3.05) is 33.4 Å². The number of guanidine groups is 1. The quantitative estimate of drug-likeness (QED) is 0.394. The third kappa shape index (κ3) is 7.03. The zero-order valence-corrected chi connectivity index (χ0v) is 15.8. The Morgan fingerprint density at radius 3 is 2.39 bits per heavy atom. The molecule has 0 spiro atoms. The second kappa shape index (κ2) is 9.90. The van der Waals surface area contributed by atoms with E-state index in [0.717, 1.165) is 32.6 Å². The summed E-state index contributed by atoms with van der Waals surface area (Å²) in [6, 6.07) is 0. The first-order valence-electron chi connectivity index (χ1n) is 8.08. The average Bonchev–Trinajstić information content (AvgIpc) is 3.00. The van der Waals surface area contributed by atoms with Crippen LogP contribution >= 0.6 is 24.0 Å². The second-order valence-corrected chi connectivity index (χ2v) is 6.33. The third-order valence-corrected chi connectivity index (χ3v) is 4.61. The summed E-state index contributed by atoms with van der Waals surface area (Å²) in [4.78, 5) is 4.13. The number of hydrogen-bond acceptors (Lipinski definition) is 2. The highest BCUT2D eigenvalue weighted by Crippen LogP contribution is 2.39. The standard InChI is InChI=1S/C15H26F3N3O.HI/c1-19-14(21-9-12-5-6-22-10-12)20-8-11-3-2-4-13(7-11)15(16,17)18;/h11-13H,2-10H2,1H3,(H2,19,20,21);1H. The second-order valence-electron chi connectivity index (χ2n) is 6.33. The molecule has 2 fully saturated rings. The minimum absolute atomic E-state index is 0. The summed E-state index contributed by atoms with van der Waals surface area (Å²) < 4.78 is 43.7. The van der Waals surface area contributed by atoms with E-state index >= 15 is 0 Å². The number of rotatable bonds is 4. The molecule has 136 valence electrons. The van der Waals surface area contributed by atoms with Crippen LogP contribution in [0.1, 0.15) is 32.1 Å². The van der Waals surface area contributed by atoms with Gasteiger partial charge in [-0.2, -0.15) is 13.2 Å². The van der Waals surface area contributed by atoms with Crippen LogP contribution < -0.4 is 10.6 Å². The van der Waals surface area contributed by atoms with E-state index in [1.54, 1.807) is 7.05 Å². The molecule has 4 nitrogen and oxygen atoms in total. The van der Waals surface area contributed by atoms with Gasteiger partial charge in [-0.3, -0.25) is 4.99 Å². The molecule has 1 heterocycles. The number of ether oxygens (including phenoxy) is 1. The number of nitrogens with zero attached hydrogens (tertiary/aromatic N) is 1. The van der Waals surface area contributed by atoms with Gasteiger partial charge in [-0.1, -0.05) is 6.42 Å². The molecule has 0 aromatic carbocycles. The van der Waals surface area contributed by atoms with Crippen LogP contribution in [0.3, 0.4) is 0 Å². The van der Waals surface area contributed by atoms with E-state index in [1.807, 2.05) is 0 Å². The molecule has 2 rings (SSSR count). The number of halogens is 4. The van der Waals surface area contributed by atoms with Crippen LogP contribution in [-0.4, -0.2) is 45.5 Å². The Morgan fingerprint density at radius 1 is 1.13 bits per heavy atom. The maximum atomic E-state index is 12.8. The number of nitrogens with one attached hydrogen (secondary N) is 2. The van der Waals surface area contributed by atoms with Crippen LogP contribution in [0.25, 0.3) is 0 Å². The molecule has 1 aliphatic heterocycles. The van der Waals surface area contributed by atoms with E-state index in [2.05, 4.69) is 15.6 Å². The van der Waals surface area contributed by atoms with Crippen molar-refractivity contribution >= 4 is 29.9 Å². The molecule has 1 saturated carbocycles. The fraction of sp³-hybridized carbons (Fsp3) is 0.933. The van der Waals surface area contributed by atoms with Gasteiger partial charge in [0.1, 0.15) is 0 Å². The third-order valence-electron chi connectivity index (χ3n) is 4.61. The van der Waals surface area contributed by atoms with Crippen LogP contribution in [0.2, 0.25) is 0 Å². The van der Waals surface area contributed by atoms with E-state index in [0.29, 0.717) is 24.8 Å². The van der Waals surface area contributed by atoms with Crippen molar-refractivity contribution in [3.8, 4) is 0 Å². The Bertz CT molecular complexity index is 373. The Labute approximate surface area is 153 Å². The van der Waals surface area contributed by atoms with Crippen LogP contribution in [0.15, 0.2) is 4.99 Å². The first-order valence-corrected chi connectivity index (χ1v) is 8.08. The largest absolute Gasteiger partial charge is 0.391 e. The zero-order chi connectivity index (χ0) is 16.0. The fourth-order valence-electron chi connectivity index (χ4n) is 3.22. The molecule has 0 aromatic heterocycles. The van der Waals surface area contributed by atoms with Crippen molar-refractivity contribution < 1.29 is 17.9 Å². The molecule has 0 bridgehead atoms. The van der Waals surface area contributed by atoms with Crippen molar-refractivity contribution in [3.05, 3.63) is 0 Å². The van der Waals surface area contributed by atoms with Gasteiger partial charge in [0.2, 0.25) is 0 Å². The van der Waals surface area contributed by atoms with E-state index in [-0.39, 0.29) is 42.7 Å². The molecule has 0 amide bonds. The van der Waals surface area contributed by atoms with E-state index in [9.17, 15) is 13.2 Å². The number of alkyl halides is 3. The molecule has 2 N–H and O–H groups in total. The summed E-state index contributed by atoms with van der Waals surface area (Å²) in [6.07, 6.45) is -1.01. The Balaban J connectivity index is 0.00000264. The maximum absolute atomic E-state index is 12.8. The molecule has 0 radical (unpaired) electrons. The summed E-state index contributed by atoms with van der Waals surface area (Å²) in [7, 11) is 1.68. The van der Waals surface area contributed by atoms with Crippen LogP contribution in [0.4, 0.5) is 13.2 Å². The lowest BCUT2D eigenvalue weighted by Crippen LogP contribution is -2.43. The lowest BCUT2D eigenvalue weighted by molar-refractivity contribution is -0.185. The first kappa shape index (κ1) is 20.8. The lowest BCUT2D eigenvalue weighted by atomic mass is 9.81. The molecule has 23 heavy (non-hydrogen) atoms. The average molecular weight is 449 g/mol. The summed E-state index contributed by atoms with van der Waals surface area (Å²) in [6.45, 7) is 2.90. The Kier molecular flexibility index (Phi) is 8.95. The van der Waals surface area contributed by atoms with Crippen molar-refractivity contribution in [2.24, 2.45) is 22.7 Å². The first-order chi connectivity index (χ1) is 10.5. The van der Waals surface area contributed by atoms with Crippen LogP contribution in [0, 0.1) is 17.8 Å². The summed E-state index contributed by atoms with van der Waals surface area (Å²) in [5.74, 6) is 0.0799. The summed E-state index contributed by atoms with van der Waals surface area (Å²) in [5, 5.41) is 6.39. The molecule has 3 atom stereocenters. The normalized spacial score (nSPS) is 29.0. The highest BCUT2D eigenvalue weighted by Gasteiger charge is 2.42. The van der Waals surface area contributed by atoms with Crippen molar-refractivity contribution in [2.45, 2.75) is 38.3 Å². The maximum Gasteiger partial charge on any atom is 0.391 e. The Hall–Kier alpha value is -0.250. The molecular formula is C15H27F3IN3O.